The van der Waals surface area contributed by atoms with Crippen molar-refractivity contribution in [2.45, 2.75) is 64.3 Å². The Morgan fingerprint density at radius 3 is 2.15 bits per heavy atom. The predicted octanol–water partition coefficient (Wildman–Crippen LogP) is 3.45. The minimum Gasteiger partial charge on any atom is -0.391 e. The highest BCUT2D eigenvalue weighted by molar-refractivity contribution is 4.90. The fraction of sp³-hybridized carbons (Fsp3) is 1.00. The van der Waals surface area contributed by atoms with Gasteiger partial charge >= 0.3 is 6.18 Å². The molecule has 2 rings (SSSR count). The van der Waals surface area contributed by atoms with Crippen LogP contribution in [0.15, 0.2) is 0 Å². The van der Waals surface area contributed by atoms with Crippen LogP contribution in [0.5, 0.6) is 0 Å². The third kappa shape index (κ3) is 3.67. The van der Waals surface area contributed by atoms with Gasteiger partial charge < -0.3 is 5.11 Å². The summed E-state index contributed by atoms with van der Waals surface area (Å²) in [6, 6.07) is 0.0605. The first-order valence-corrected chi connectivity index (χ1v) is 7.78. The summed E-state index contributed by atoms with van der Waals surface area (Å²) in [5.41, 5.74) is 0. The van der Waals surface area contributed by atoms with Crippen LogP contribution in [-0.2, 0) is 0 Å². The molecule has 0 amide bonds. The van der Waals surface area contributed by atoms with E-state index in [1.807, 2.05) is 0 Å². The molecule has 1 heterocycles. The molecule has 0 bridgehead atoms. The monoisotopic (exact) mass is 293 g/mol. The summed E-state index contributed by atoms with van der Waals surface area (Å²) in [5, 5.41) is 10.2. The summed E-state index contributed by atoms with van der Waals surface area (Å²) in [5.74, 6) is 0.0156. The molecule has 0 aromatic heterocycles. The van der Waals surface area contributed by atoms with Crippen LogP contribution >= 0.6 is 0 Å². The van der Waals surface area contributed by atoms with Gasteiger partial charge in [0.15, 0.2) is 0 Å². The molecule has 1 saturated heterocycles. The van der Waals surface area contributed by atoms with Crippen LogP contribution in [0.25, 0.3) is 0 Å². The van der Waals surface area contributed by atoms with E-state index in [1.54, 1.807) is 0 Å². The highest BCUT2D eigenvalue weighted by Gasteiger charge is 2.43. The standard InChI is InChI=1S/C15H26F3NO/c1-10(2)11-3-4-14(20)13(9-11)19-7-5-12(6-8-19)15(16,17)18/h10-14,20H,3-9H2,1-2H3. The van der Waals surface area contributed by atoms with Crippen LogP contribution in [0.4, 0.5) is 13.2 Å². The average molecular weight is 293 g/mol. The first-order chi connectivity index (χ1) is 9.29. The fourth-order valence-electron chi connectivity index (χ4n) is 3.72. The van der Waals surface area contributed by atoms with Gasteiger partial charge in [0.1, 0.15) is 0 Å². The van der Waals surface area contributed by atoms with Gasteiger partial charge in [-0.05, 0) is 57.0 Å². The van der Waals surface area contributed by atoms with Gasteiger partial charge in [0.05, 0.1) is 12.0 Å². The summed E-state index contributed by atoms with van der Waals surface area (Å²) in [6.45, 7) is 5.32. The number of hydrogen-bond donors (Lipinski definition) is 1. The Morgan fingerprint density at radius 1 is 1.05 bits per heavy atom. The highest BCUT2D eigenvalue weighted by Crippen LogP contribution is 2.38. The van der Waals surface area contributed by atoms with Crippen molar-refractivity contribution in [1.29, 1.82) is 0 Å². The van der Waals surface area contributed by atoms with Crippen molar-refractivity contribution >= 4 is 0 Å². The van der Waals surface area contributed by atoms with Gasteiger partial charge in [-0.25, -0.2) is 0 Å². The topological polar surface area (TPSA) is 23.5 Å². The van der Waals surface area contributed by atoms with Crippen LogP contribution in [0.1, 0.15) is 46.0 Å². The number of aliphatic hydroxyl groups is 1. The fourth-order valence-corrected chi connectivity index (χ4v) is 3.72. The van der Waals surface area contributed by atoms with Crippen molar-refractivity contribution in [3.05, 3.63) is 0 Å². The Morgan fingerprint density at radius 2 is 1.65 bits per heavy atom. The Labute approximate surface area is 119 Å². The van der Waals surface area contributed by atoms with Gasteiger partial charge in [0.25, 0.3) is 0 Å². The van der Waals surface area contributed by atoms with Gasteiger partial charge in [-0.1, -0.05) is 13.8 Å². The predicted molar refractivity (Wildman–Crippen MR) is 72.3 cm³/mol. The first-order valence-electron chi connectivity index (χ1n) is 7.78. The molecule has 3 atom stereocenters. The highest BCUT2D eigenvalue weighted by atomic mass is 19.4. The summed E-state index contributed by atoms with van der Waals surface area (Å²) in [4.78, 5) is 2.10. The minimum absolute atomic E-state index is 0.0605. The van der Waals surface area contributed by atoms with Gasteiger partial charge in [0, 0.05) is 6.04 Å². The SMILES string of the molecule is CC(C)C1CCC(O)C(N2CCC(C(F)(F)F)CC2)C1. The van der Waals surface area contributed by atoms with Crippen molar-refractivity contribution in [3.8, 4) is 0 Å². The second kappa shape index (κ2) is 6.22. The number of rotatable bonds is 2. The van der Waals surface area contributed by atoms with Crippen LogP contribution in [0.2, 0.25) is 0 Å². The summed E-state index contributed by atoms with van der Waals surface area (Å²) >= 11 is 0. The van der Waals surface area contributed by atoms with E-state index in [0.29, 0.717) is 24.9 Å². The summed E-state index contributed by atoms with van der Waals surface area (Å²) < 4.78 is 38.1. The molecule has 0 aromatic rings. The van der Waals surface area contributed by atoms with Gasteiger partial charge in [0.2, 0.25) is 0 Å². The number of hydrogen-bond acceptors (Lipinski definition) is 2. The normalized spacial score (nSPS) is 34.6. The zero-order chi connectivity index (χ0) is 14.9. The van der Waals surface area contributed by atoms with Crippen LogP contribution in [-0.4, -0.2) is 41.4 Å². The smallest absolute Gasteiger partial charge is 0.391 e. The second-order valence-electron chi connectivity index (χ2n) is 6.80. The van der Waals surface area contributed by atoms with Crippen LogP contribution in [0, 0.1) is 17.8 Å². The molecule has 0 aromatic carbocycles. The van der Waals surface area contributed by atoms with Crippen molar-refractivity contribution in [1.82, 2.24) is 4.90 Å². The maximum Gasteiger partial charge on any atom is 0.391 e. The second-order valence-corrected chi connectivity index (χ2v) is 6.80. The minimum atomic E-state index is -4.06. The molecular weight excluding hydrogens is 267 g/mol. The van der Waals surface area contributed by atoms with Crippen molar-refractivity contribution < 1.29 is 18.3 Å². The van der Waals surface area contributed by atoms with Crippen molar-refractivity contribution in [2.75, 3.05) is 13.1 Å². The molecule has 2 fully saturated rings. The lowest BCUT2D eigenvalue weighted by Gasteiger charge is -2.44. The van der Waals surface area contributed by atoms with Gasteiger partial charge in [-0.15, -0.1) is 0 Å². The molecule has 1 N–H and O–H groups in total. The van der Waals surface area contributed by atoms with E-state index < -0.39 is 12.1 Å². The van der Waals surface area contributed by atoms with E-state index in [4.69, 9.17) is 0 Å². The van der Waals surface area contributed by atoms with Crippen LogP contribution < -0.4 is 0 Å². The number of nitrogens with zero attached hydrogens (tertiary/aromatic N) is 1. The van der Waals surface area contributed by atoms with E-state index in [0.717, 1.165) is 19.3 Å². The zero-order valence-corrected chi connectivity index (χ0v) is 12.4. The largest absolute Gasteiger partial charge is 0.391 e. The number of alkyl halides is 3. The lowest BCUT2D eigenvalue weighted by molar-refractivity contribution is -0.187. The quantitative estimate of drug-likeness (QED) is 0.843. The van der Waals surface area contributed by atoms with E-state index >= 15 is 0 Å². The van der Waals surface area contributed by atoms with Crippen LogP contribution in [0.3, 0.4) is 0 Å². The summed E-state index contributed by atoms with van der Waals surface area (Å²) in [7, 11) is 0. The number of halogens is 3. The molecular formula is C15H26F3NO. The van der Waals surface area contributed by atoms with E-state index in [-0.39, 0.29) is 25.0 Å². The third-order valence-electron chi connectivity index (χ3n) is 5.23. The molecule has 1 aliphatic heterocycles. The molecule has 2 aliphatic rings. The zero-order valence-electron chi connectivity index (χ0n) is 12.4. The lowest BCUT2D eigenvalue weighted by atomic mass is 9.77. The molecule has 0 spiro atoms. The van der Waals surface area contributed by atoms with E-state index in [1.165, 1.54) is 0 Å². The number of piperidine rings is 1. The van der Waals surface area contributed by atoms with Crippen molar-refractivity contribution in [2.24, 2.45) is 17.8 Å². The Kier molecular flexibility index (Phi) is 5.00. The maximum absolute atomic E-state index is 12.7. The molecule has 20 heavy (non-hydrogen) atoms. The Balaban J connectivity index is 1.91. The number of likely N-dealkylation sites (tertiary alicyclic amines) is 1. The van der Waals surface area contributed by atoms with Gasteiger partial charge in [-0.2, -0.15) is 13.2 Å². The first kappa shape index (κ1) is 16.1. The molecule has 3 unspecified atom stereocenters. The lowest BCUT2D eigenvalue weighted by Crippen LogP contribution is -2.51. The van der Waals surface area contributed by atoms with Gasteiger partial charge in [-0.3, -0.25) is 4.90 Å². The van der Waals surface area contributed by atoms with E-state index in [2.05, 4.69) is 18.7 Å². The van der Waals surface area contributed by atoms with Crippen molar-refractivity contribution in [3.63, 3.8) is 0 Å². The molecule has 118 valence electrons. The molecule has 2 nitrogen and oxygen atoms in total. The Bertz CT molecular complexity index is 311. The average Bonchev–Trinajstić information content (AvgIpc) is 2.38. The Hall–Kier alpha value is -0.290. The number of aliphatic hydroxyl groups excluding tert-OH is 1. The van der Waals surface area contributed by atoms with E-state index in [9.17, 15) is 18.3 Å². The molecule has 1 saturated carbocycles. The molecule has 5 heteroatoms. The molecule has 1 aliphatic carbocycles. The summed E-state index contributed by atoms with van der Waals surface area (Å²) in [6.07, 6.45) is -1.32. The third-order valence-corrected chi connectivity index (χ3v) is 5.23. The molecule has 0 radical (unpaired) electrons. The maximum atomic E-state index is 12.7.